The second-order valence-corrected chi connectivity index (χ2v) is 6.58. The average molecular weight is 295 g/mol. The lowest BCUT2D eigenvalue weighted by Crippen LogP contribution is -2.29. The number of hydrogen-bond acceptors (Lipinski definition) is 2. The molecule has 0 bridgehead atoms. The number of rotatable bonds is 8. The van der Waals surface area contributed by atoms with Gasteiger partial charge in [-0.3, -0.25) is 0 Å². The number of alkyl halides is 1. The highest BCUT2D eigenvalue weighted by Crippen LogP contribution is 2.32. The molecule has 0 aliphatic heterocycles. The Morgan fingerprint density at radius 1 is 1.35 bits per heavy atom. The summed E-state index contributed by atoms with van der Waals surface area (Å²) in [6.45, 7) is 7.89. The third kappa shape index (κ3) is 4.37. The van der Waals surface area contributed by atoms with Crippen LogP contribution >= 0.6 is 11.6 Å². The molecule has 0 saturated heterocycles. The minimum Gasteiger partial charge on any atom is -0.354 e. The van der Waals surface area contributed by atoms with Gasteiger partial charge in [-0.1, -0.05) is 27.2 Å². The van der Waals surface area contributed by atoms with E-state index >= 15 is 0 Å². The Hall–Kier alpha value is -0.760. The van der Waals surface area contributed by atoms with Crippen LogP contribution in [0.15, 0.2) is 12.1 Å². The second kappa shape index (κ2) is 7.31. The Morgan fingerprint density at radius 2 is 2.10 bits per heavy atom. The first kappa shape index (κ1) is 15.6. The maximum Gasteiger partial charge on any atom is 0.129 e. The van der Waals surface area contributed by atoms with Crippen LogP contribution in [0, 0.1) is 5.92 Å². The number of hydrogen-bond donors (Lipinski definition) is 0. The zero-order valence-electron chi connectivity index (χ0n) is 13.0. The molecule has 0 atom stereocenters. The van der Waals surface area contributed by atoms with Crippen LogP contribution in [0.25, 0.3) is 0 Å². The molecule has 0 spiro atoms. The fourth-order valence-corrected chi connectivity index (χ4v) is 2.66. The van der Waals surface area contributed by atoms with E-state index in [9.17, 15) is 0 Å². The summed E-state index contributed by atoms with van der Waals surface area (Å²) in [4.78, 5) is 7.39. The second-order valence-electron chi connectivity index (χ2n) is 6.32. The van der Waals surface area contributed by atoms with Crippen LogP contribution in [0.5, 0.6) is 0 Å². The van der Waals surface area contributed by atoms with Crippen molar-refractivity contribution in [3.05, 3.63) is 23.4 Å². The maximum absolute atomic E-state index is 6.05. The Kier molecular flexibility index (Phi) is 5.71. The summed E-state index contributed by atoms with van der Waals surface area (Å²) in [7, 11) is 0. The van der Waals surface area contributed by atoms with Gasteiger partial charge in [0.25, 0.3) is 0 Å². The topological polar surface area (TPSA) is 16.1 Å². The van der Waals surface area contributed by atoms with E-state index in [4.69, 9.17) is 16.6 Å². The van der Waals surface area contributed by atoms with Gasteiger partial charge in [-0.05, 0) is 49.3 Å². The molecule has 1 aliphatic rings. The van der Waals surface area contributed by atoms with Gasteiger partial charge in [0.1, 0.15) is 5.82 Å². The van der Waals surface area contributed by atoms with Gasteiger partial charge in [-0.25, -0.2) is 4.98 Å². The van der Waals surface area contributed by atoms with Crippen molar-refractivity contribution in [3.8, 4) is 0 Å². The van der Waals surface area contributed by atoms with E-state index in [2.05, 4.69) is 37.8 Å². The van der Waals surface area contributed by atoms with Gasteiger partial charge in [-0.2, -0.15) is 0 Å². The van der Waals surface area contributed by atoms with Crippen molar-refractivity contribution in [1.29, 1.82) is 0 Å². The highest BCUT2D eigenvalue weighted by Gasteiger charge is 2.30. The molecule has 2 nitrogen and oxygen atoms in total. The molecule has 1 fully saturated rings. The van der Waals surface area contributed by atoms with Crippen molar-refractivity contribution in [3.63, 3.8) is 0 Å². The first-order chi connectivity index (χ1) is 9.63. The highest BCUT2D eigenvalue weighted by molar-refractivity contribution is 6.17. The van der Waals surface area contributed by atoms with E-state index in [1.54, 1.807) is 0 Å². The lowest BCUT2D eigenvalue weighted by atomic mass is 10.1. The van der Waals surface area contributed by atoms with Crippen LogP contribution in [0.2, 0.25) is 0 Å². The van der Waals surface area contributed by atoms with Gasteiger partial charge >= 0.3 is 0 Å². The largest absolute Gasteiger partial charge is 0.354 e. The Bertz CT molecular complexity index is 427. The fourth-order valence-electron chi connectivity index (χ4n) is 2.51. The summed E-state index contributed by atoms with van der Waals surface area (Å²) in [6, 6.07) is 5.06. The van der Waals surface area contributed by atoms with Crippen molar-refractivity contribution < 1.29 is 0 Å². The number of anilines is 1. The highest BCUT2D eigenvalue weighted by atomic mass is 35.5. The number of aromatic nitrogens is 1. The third-order valence-electron chi connectivity index (χ3n) is 3.81. The van der Waals surface area contributed by atoms with E-state index in [1.807, 2.05) is 0 Å². The number of aryl methyl sites for hydroxylation is 1. The molecule has 2 rings (SSSR count). The normalized spacial score (nSPS) is 14.8. The number of nitrogens with zero attached hydrogens (tertiary/aromatic N) is 2. The lowest BCUT2D eigenvalue weighted by molar-refractivity contribution is 0.568. The van der Waals surface area contributed by atoms with Gasteiger partial charge in [0.2, 0.25) is 0 Å². The zero-order chi connectivity index (χ0) is 14.5. The molecule has 1 aromatic heterocycles. The summed E-state index contributed by atoms with van der Waals surface area (Å²) < 4.78 is 0. The summed E-state index contributed by atoms with van der Waals surface area (Å²) in [5.41, 5.74) is 2.39. The quantitative estimate of drug-likeness (QED) is 0.641. The van der Waals surface area contributed by atoms with E-state index in [-0.39, 0.29) is 0 Å². The number of halogens is 1. The van der Waals surface area contributed by atoms with E-state index < -0.39 is 0 Å². The van der Waals surface area contributed by atoms with Gasteiger partial charge in [0, 0.05) is 24.2 Å². The summed E-state index contributed by atoms with van der Waals surface area (Å²) in [6.07, 6.45) is 6.03. The van der Waals surface area contributed by atoms with Crippen LogP contribution in [-0.4, -0.2) is 17.6 Å². The van der Waals surface area contributed by atoms with Crippen LogP contribution in [-0.2, 0) is 12.3 Å². The molecule has 1 aromatic rings. The predicted octanol–water partition coefficient (Wildman–Crippen LogP) is 4.79. The van der Waals surface area contributed by atoms with Crippen molar-refractivity contribution in [2.24, 2.45) is 5.92 Å². The van der Waals surface area contributed by atoms with E-state index in [0.29, 0.717) is 11.9 Å². The fraction of sp³-hybridized carbons (Fsp3) is 0.706. The summed E-state index contributed by atoms with van der Waals surface area (Å²) in [5.74, 6) is 2.46. The molecule has 1 heterocycles. The molecule has 0 amide bonds. The van der Waals surface area contributed by atoms with Gasteiger partial charge < -0.3 is 4.90 Å². The molecule has 0 unspecified atom stereocenters. The Balaban J connectivity index is 2.19. The van der Waals surface area contributed by atoms with Crippen molar-refractivity contribution >= 4 is 17.4 Å². The smallest absolute Gasteiger partial charge is 0.129 e. The molecule has 0 aromatic carbocycles. The first-order valence-corrected chi connectivity index (χ1v) is 8.50. The zero-order valence-corrected chi connectivity index (χ0v) is 13.8. The molecule has 112 valence electrons. The average Bonchev–Trinajstić information content (AvgIpc) is 3.23. The van der Waals surface area contributed by atoms with Gasteiger partial charge in [0.05, 0.1) is 0 Å². The minimum atomic E-state index is 0.578. The molecule has 1 saturated carbocycles. The Morgan fingerprint density at radius 3 is 2.65 bits per heavy atom. The first-order valence-electron chi connectivity index (χ1n) is 7.96. The van der Waals surface area contributed by atoms with Gasteiger partial charge in [0.15, 0.2) is 0 Å². The monoisotopic (exact) mass is 294 g/mol. The molecule has 1 aliphatic carbocycles. The maximum atomic E-state index is 6.05. The minimum absolute atomic E-state index is 0.578. The standard InChI is InChI=1S/C17H27ClN2/c1-4-5-15-10-14(12-18)11-17(19-15)20(16-6-7-16)9-8-13(2)3/h10-11,13,16H,4-9,12H2,1-3H3. The van der Waals surface area contributed by atoms with Crippen molar-refractivity contribution in [1.82, 2.24) is 4.98 Å². The van der Waals surface area contributed by atoms with E-state index in [1.165, 1.54) is 30.5 Å². The molecular weight excluding hydrogens is 268 g/mol. The van der Waals surface area contributed by atoms with Gasteiger partial charge in [-0.15, -0.1) is 11.6 Å². The molecule has 0 N–H and O–H groups in total. The van der Waals surface area contributed by atoms with Crippen molar-refractivity contribution in [2.75, 3.05) is 11.4 Å². The lowest BCUT2D eigenvalue weighted by Gasteiger charge is -2.25. The molecular formula is C17H27ClN2. The SMILES string of the molecule is CCCc1cc(CCl)cc(N(CCC(C)C)C2CC2)n1. The number of pyridine rings is 1. The predicted molar refractivity (Wildman–Crippen MR) is 87.6 cm³/mol. The summed E-state index contributed by atoms with van der Waals surface area (Å²) in [5, 5.41) is 0. The van der Waals surface area contributed by atoms with Crippen LogP contribution < -0.4 is 4.90 Å². The van der Waals surface area contributed by atoms with Crippen molar-refractivity contribution in [2.45, 2.75) is 64.8 Å². The van der Waals surface area contributed by atoms with Crippen LogP contribution in [0.3, 0.4) is 0 Å². The molecule has 20 heavy (non-hydrogen) atoms. The van der Waals surface area contributed by atoms with Crippen LogP contribution in [0.4, 0.5) is 5.82 Å². The Labute approximate surface area is 128 Å². The van der Waals surface area contributed by atoms with Crippen LogP contribution in [0.1, 0.15) is 57.7 Å². The summed E-state index contributed by atoms with van der Waals surface area (Å²) >= 11 is 6.05. The van der Waals surface area contributed by atoms with E-state index in [0.717, 1.165) is 31.1 Å². The molecule has 3 heteroatoms. The third-order valence-corrected chi connectivity index (χ3v) is 4.12. The molecule has 0 radical (unpaired) electrons.